The molecule has 7 nitrogen and oxygen atoms in total. The Balaban J connectivity index is 2.56. The Bertz CT molecular complexity index is 676. The summed E-state index contributed by atoms with van der Waals surface area (Å²) in [5, 5.41) is 3.14. The number of halogens is 1. The SMILES string of the molecule is CCNC(=NCCS(=O)(=O)N(CC)CC)N(C)CCOc1ccc(F)cc1. The number of likely N-dealkylation sites (N-methyl/N-ethyl adjacent to an activating group) is 1. The minimum Gasteiger partial charge on any atom is -0.492 e. The topological polar surface area (TPSA) is 74.2 Å². The molecule has 0 amide bonds. The zero-order valence-corrected chi connectivity index (χ0v) is 17.4. The van der Waals surface area contributed by atoms with Gasteiger partial charge < -0.3 is 15.0 Å². The molecule has 1 N–H and O–H groups in total. The van der Waals surface area contributed by atoms with Gasteiger partial charge in [0, 0.05) is 26.7 Å². The van der Waals surface area contributed by atoms with Crippen LogP contribution in [0.1, 0.15) is 20.8 Å². The molecule has 0 aromatic heterocycles. The number of benzene rings is 1. The van der Waals surface area contributed by atoms with Crippen LogP contribution in [0, 0.1) is 5.82 Å². The van der Waals surface area contributed by atoms with Gasteiger partial charge in [-0.1, -0.05) is 13.8 Å². The summed E-state index contributed by atoms with van der Waals surface area (Å²) in [5.41, 5.74) is 0. The number of nitrogens with zero attached hydrogens (tertiary/aromatic N) is 3. The van der Waals surface area contributed by atoms with Gasteiger partial charge in [0.15, 0.2) is 5.96 Å². The largest absolute Gasteiger partial charge is 0.492 e. The fourth-order valence-corrected chi connectivity index (χ4v) is 3.79. The summed E-state index contributed by atoms with van der Waals surface area (Å²) in [5.74, 6) is 0.886. The summed E-state index contributed by atoms with van der Waals surface area (Å²) in [6, 6.07) is 5.85. The molecule has 0 aliphatic rings. The Morgan fingerprint density at radius 2 is 1.81 bits per heavy atom. The van der Waals surface area contributed by atoms with Crippen molar-refractivity contribution in [3.63, 3.8) is 0 Å². The van der Waals surface area contributed by atoms with E-state index in [1.165, 1.54) is 16.4 Å². The normalized spacial score (nSPS) is 12.3. The van der Waals surface area contributed by atoms with E-state index in [0.717, 1.165) is 0 Å². The first-order valence-electron chi connectivity index (χ1n) is 9.19. The van der Waals surface area contributed by atoms with E-state index < -0.39 is 10.0 Å². The lowest BCUT2D eigenvalue weighted by atomic mass is 10.3. The molecule has 0 saturated heterocycles. The van der Waals surface area contributed by atoms with Crippen molar-refractivity contribution >= 4 is 16.0 Å². The van der Waals surface area contributed by atoms with Crippen molar-refractivity contribution < 1.29 is 17.5 Å². The number of guanidine groups is 1. The number of sulfonamides is 1. The molecule has 1 rings (SSSR count). The van der Waals surface area contributed by atoms with Crippen molar-refractivity contribution in [3.05, 3.63) is 30.1 Å². The molecular formula is C18H31FN4O3S. The summed E-state index contributed by atoms with van der Waals surface area (Å²) in [4.78, 5) is 6.28. The van der Waals surface area contributed by atoms with Crippen molar-refractivity contribution in [1.29, 1.82) is 0 Å². The van der Waals surface area contributed by atoms with Crippen LogP contribution in [0.4, 0.5) is 4.39 Å². The zero-order valence-electron chi connectivity index (χ0n) is 16.6. The zero-order chi connectivity index (χ0) is 20.3. The molecule has 0 unspecified atom stereocenters. The first-order valence-corrected chi connectivity index (χ1v) is 10.8. The summed E-state index contributed by atoms with van der Waals surface area (Å²) in [6.45, 7) is 8.31. The van der Waals surface area contributed by atoms with Gasteiger partial charge in [-0.25, -0.2) is 17.1 Å². The van der Waals surface area contributed by atoms with Crippen LogP contribution in [0.15, 0.2) is 29.3 Å². The van der Waals surface area contributed by atoms with Crippen molar-refractivity contribution in [2.45, 2.75) is 20.8 Å². The van der Waals surface area contributed by atoms with Gasteiger partial charge >= 0.3 is 0 Å². The minimum absolute atomic E-state index is 0.0243. The molecule has 0 aliphatic heterocycles. The number of hydrogen-bond donors (Lipinski definition) is 1. The first kappa shape index (κ1) is 23.2. The van der Waals surface area contributed by atoms with E-state index in [0.29, 0.717) is 44.5 Å². The fourth-order valence-electron chi connectivity index (χ4n) is 2.42. The fraction of sp³-hybridized carbons (Fsp3) is 0.611. The second-order valence-corrected chi connectivity index (χ2v) is 7.95. The Kier molecular flexibility index (Phi) is 10.1. The standard InChI is InChI=1S/C18H31FN4O3S/c1-5-20-18(21-12-15-27(24,25)23(6-2)7-3)22(4)13-14-26-17-10-8-16(19)9-11-17/h8-11H,5-7,12-15H2,1-4H3,(H,20,21). The van der Waals surface area contributed by atoms with E-state index in [9.17, 15) is 12.8 Å². The highest BCUT2D eigenvalue weighted by Crippen LogP contribution is 2.10. The smallest absolute Gasteiger partial charge is 0.215 e. The van der Waals surface area contributed by atoms with Crippen LogP contribution in [0.25, 0.3) is 0 Å². The lowest BCUT2D eigenvalue weighted by Crippen LogP contribution is -2.41. The summed E-state index contributed by atoms with van der Waals surface area (Å²) < 4.78 is 44.4. The molecule has 0 radical (unpaired) electrons. The van der Waals surface area contributed by atoms with Gasteiger partial charge in [0.05, 0.1) is 18.8 Å². The quantitative estimate of drug-likeness (QED) is 0.451. The predicted molar refractivity (Wildman–Crippen MR) is 107 cm³/mol. The van der Waals surface area contributed by atoms with Crippen LogP contribution in [0.5, 0.6) is 5.75 Å². The highest BCUT2D eigenvalue weighted by atomic mass is 32.2. The van der Waals surface area contributed by atoms with E-state index in [4.69, 9.17) is 4.74 Å². The number of aliphatic imine (C=N–C) groups is 1. The second-order valence-electron chi connectivity index (χ2n) is 5.86. The molecule has 0 heterocycles. The summed E-state index contributed by atoms with van der Waals surface area (Å²) in [7, 11) is -1.44. The molecule has 154 valence electrons. The Hall–Kier alpha value is -1.87. The molecule has 0 spiro atoms. The Labute approximate surface area is 162 Å². The molecule has 1 aromatic rings. The van der Waals surface area contributed by atoms with Crippen LogP contribution >= 0.6 is 0 Å². The lowest BCUT2D eigenvalue weighted by Gasteiger charge is -2.22. The first-order chi connectivity index (χ1) is 12.8. The maximum atomic E-state index is 12.9. The van der Waals surface area contributed by atoms with Crippen LogP contribution in [0.3, 0.4) is 0 Å². The summed E-state index contributed by atoms with van der Waals surface area (Å²) in [6.07, 6.45) is 0. The number of ether oxygens (including phenoxy) is 1. The van der Waals surface area contributed by atoms with Crippen LogP contribution in [-0.4, -0.2) is 75.7 Å². The molecular weight excluding hydrogens is 371 g/mol. The van der Waals surface area contributed by atoms with Crippen molar-refractivity contribution in [2.24, 2.45) is 4.99 Å². The molecule has 27 heavy (non-hydrogen) atoms. The van der Waals surface area contributed by atoms with Gasteiger partial charge in [0.25, 0.3) is 0 Å². The lowest BCUT2D eigenvalue weighted by molar-refractivity contribution is 0.281. The number of rotatable bonds is 11. The molecule has 0 fully saturated rings. The van der Waals surface area contributed by atoms with E-state index in [-0.39, 0.29) is 18.1 Å². The van der Waals surface area contributed by atoms with E-state index in [1.807, 2.05) is 32.7 Å². The van der Waals surface area contributed by atoms with Gasteiger partial charge in [-0.2, -0.15) is 0 Å². The van der Waals surface area contributed by atoms with Crippen molar-refractivity contribution in [2.75, 3.05) is 52.1 Å². The maximum absolute atomic E-state index is 12.9. The number of hydrogen-bond acceptors (Lipinski definition) is 4. The van der Waals surface area contributed by atoms with Crippen molar-refractivity contribution in [3.8, 4) is 5.75 Å². The third-order valence-corrected chi connectivity index (χ3v) is 5.92. The molecule has 1 aromatic carbocycles. The van der Waals surface area contributed by atoms with Gasteiger partial charge in [-0.15, -0.1) is 0 Å². The van der Waals surface area contributed by atoms with Gasteiger partial charge in [0.2, 0.25) is 10.0 Å². The predicted octanol–water partition coefficient (Wildman–Crippen LogP) is 1.77. The van der Waals surface area contributed by atoms with E-state index in [1.54, 1.807) is 12.1 Å². The molecule has 0 atom stereocenters. The maximum Gasteiger partial charge on any atom is 0.215 e. The molecule has 0 saturated carbocycles. The summed E-state index contributed by atoms with van der Waals surface area (Å²) >= 11 is 0. The molecule has 9 heteroatoms. The average molecular weight is 403 g/mol. The second kappa shape index (κ2) is 11.8. The van der Waals surface area contributed by atoms with Crippen LogP contribution in [0.2, 0.25) is 0 Å². The highest BCUT2D eigenvalue weighted by molar-refractivity contribution is 7.89. The molecule has 0 aliphatic carbocycles. The minimum atomic E-state index is -3.29. The Morgan fingerprint density at radius 1 is 1.19 bits per heavy atom. The Morgan fingerprint density at radius 3 is 2.37 bits per heavy atom. The third kappa shape index (κ3) is 8.13. The number of nitrogens with one attached hydrogen (secondary N) is 1. The van der Waals surface area contributed by atoms with Crippen LogP contribution in [-0.2, 0) is 10.0 Å². The monoisotopic (exact) mass is 402 g/mol. The van der Waals surface area contributed by atoms with Gasteiger partial charge in [-0.3, -0.25) is 4.99 Å². The van der Waals surface area contributed by atoms with Gasteiger partial charge in [0.1, 0.15) is 18.2 Å². The van der Waals surface area contributed by atoms with E-state index >= 15 is 0 Å². The van der Waals surface area contributed by atoms with Crippen molar-refractivity contribution in [1.82, 2.24) is 14.5 Å². The van der Waals surface area contributed by atoms with Gasteiger partial charge in [-0.05, 0) is 31.2 Å². The molecule has 0 bridgehead atoms. The van der Waals surface area contributed by atoms with E-state index in [2.05, 4.69) is 10.3 Å². The average Bonchev–Trinajstić information content (AvgIpc) is 2.63. The highest BCUT2D eigenvalue weighted by Gasteiger charge is 2.18. The van der Waals surface area contributed by atoms with Crippen LogP contribution < -0.4 is 10.1 Å². The third-order valence-electron chi connectivity index (χ3n) is 3.92.